The fourth-order valence-corrected chi connectivity index (χ4v) is 2.99. The van der Waals surface area contributed by atoms with E-state index in [0.29, 0.717) is 28.3 Å². The number of aryl methyl sites for hydroxylation is 1. The third kappa shape index (κ3) is 3.32. The van der Waals surface area contributed by atoms with E-state index in [0.717, 1.165) is 18.5 Å². The number of benzene rings is 1. The quantitative estimate of drug-likeness (QED) is 0.500. The summed E-state index contributed by atoms with van der Waals surface area (Å²) in [6.07, 6.45) is 1.01. The number of nitrogens with zero attached hydrogens (tertiary/aromatic N) is 2. The molecule has 7 heteroatoms. The minimum atomic E-state index is -1.02. The first kappa shape index (κ1) is 17.3. The third-order valence-corrected chi connectivity index (χ3v) is 4.63. The lowest BCUT2D eigenvalue weighted by atomic mass is 10.1. The maximum Gasteiger partial charge on any atom is 0.339 e. The number of ether oxygens (including phenoxy) is 1. The molecule has 0 aliphatic heterocycles. The highest BCUT2D eigenvalue weighted by Crippen LogP contribution is 2.40. The number of halogens is 1. The first-order chi connectivity index (χ1) is 12.9. The van der Waals surface area contributed by atoms with Gasteiger partial charge in [0.15, 0.2) is 6.10 Å². The van der Waals surface area contributed by atoms with Gasteiger partial charge in [-0.05, 0) is 57.0 Å². The largest absolute Gasteiger partial charge is 0.451 e. The molecule has 3 aromatic rings. The number of aromatic nitrogens is 2. The Balaban J connectivity index is 1.61. The maximum absolute atomic E-state index is 13.0. The van der Waals surface area contributed by atoms with Crippen LogP contribution in [0, 0.1) is 12.7 Å². The Morgan fingerprint density at radius 1 is 1.26 bits per heavy atom. The number of rotatable bonds is 5. The van der Waals surface area contributed by atoms with Crippen LogP contribution in [0.2, 0.25) is 0 Å². The van der Waals surface area contributed by atoms with Crippen LogP contribution in [0.15, 0.2) is 34.9 Å². The monoisotopic (exact) mass is 368 g/mol. The summed E-state index contributed by atoms with van der Waals surface area (Å²) >= 11 is 0. The number of Topliss-reactive ketones (excluding diaryl/α,β-unsaturated/α-hetero) is 1. The van der Waals surface area contributed by atoms with Crippen LogP contribution in [0.3, 0.4) is 0 Å². The van der Waals surface area contributed by atoms with Gasteiger partial charge in [0.05, 0.1) is 16.6 Å². The summed E-state index contributed by atoms with van der Waals surface area (Å²) in [6, 6.07) is 6.80. The lowest BCUT2D eigenvalue weighted by Crippen LogP contribution is -2.24. The van der Waals surface area contributed by atoms with Gasteiger partial charge in [0.1, 0.15) is 5.82 Å². The Kier molecular flexibility index (Phi) is 4.22. The third-order valence-electron chi connectivity index (χ3n) is 4.63. The van der Waals surface area contributed by atoms with E-state index in [4.69, 9.17) is 9.26 Å². The van der Waals surface area contributed by atoms with E-state index in [9.17, 15) is 14.0 Å². The van der Waals surface area contributed by atoms with Gasteiger partial charge in [-0.15, -0.1) is 0 Å². The van der Waals surface area contributed by atoms with Crippen molar-refractivity contribution in [1.29, 1.82) is 0 Å². The minimum absolute atomic E-state index is 0.274. The number of carbonyl (C=O) groups excluding carboxylic acids is 2. The van der Waals surface area contributed by atoms with Gasteiger partial charge in [0.2, 0.25) is 5.78 Å². The van der Waals surface area contributed by atoms with Gasteiger partial charge >= 0.3 is 5.97 Å². The summed E-state index contributed by atoms with van der Waals surface area (Å²) in [4.78, 5) is 29.7. The van der Waals surface area contributed by atoms with E-state index in [2.05, 4.69) is 10.1 Å². The molecule has 6 nitrogen and oxygen atoms in total. The average molecular weight is 368 g/mol. The summed E-state index contributed by atoms with van der Waals surface area (Å²) in [6.45, 7) is 3.21. The molecule has 0 bridgehead atoms. The van der Waals surface area contributed by atoms with Crippen molar-refractivity contribution in [2.45, 2.75) is 38.7 Å². The number of hydrogen-bond acceptors (Lipinski definition) is 6. The molecule has 138 valence electrons. The topological polar surface area (TPSA) is 82.3 Å². The van der Waals surface area contributed by atoms with Crippen molar-refractivity contribution in [3.8, 4) is 0 Å². The van der Waals surface area contributed by atoms with Gasteiger partial charge in [-0.1, -0.05) is 5.16 Å². The first-order valence-electron chi connectivity index (χ1n) is 8.71. The number of pyridine rings is 1. The van der Waals surface area contributed by atoms with E-state index < -0.39 is 23.7 Å². The van der Waals surface area contributed by atoms with E-state index in [1.54, 1.807) is 13.0 Å². The minimum Gasteiger partial charge on any atom is -0.451 e. The molecule has 1 aliphatic rings. The zero-order chi connectivity index (χ0) is 19.1. The Morgan fingerprint density at radius 2 is 1.96 bits per heavy atom. The van der Waals surface area contributed by atoms with E-state index in [-0.39, 0.29) is 5.56 Å². The van der Waals surface area contributed by atoms with Gasteiger partial charge in [0, 0.05) is 17.2 Å². The molecule has 0 spiro atoms. The second kappa shape index (κ2) is 6.57. The molecule has 2 aromatic heterocycles. The molecule has 1 aromatic carbocycles. The molecule has 0 saturated heterocycles. The highest BCUT2D eigenvalue weighted by atomic mass is 19.1. The van der Waals surface area contributed by atoms with Gasteiger partial charge < -0.3 is 9.26 Å². The van der Waals surface area contributed by atoms with E-state index in [1.807, 2.05) is 0 Å². The molecule has 27 heavy (non-hydrogen) atoms. The number of ketones is 1. The predicted octanol–water partition coefficient (Wildman–Crippen LogP) is 3.98. The van der Waals surface area contributed by atoms with Crippen LogP contribution in [0.5, 0.6) is 0 Å². The van der Waals surface area contributed by atoms with Crippen molar-refractivity contribution in [3.05, 3.63) is 58.7 Å². The Hall–Kier alpha value is -3.09. The van der Waals surface area contributed by atoms with Gasteiger partial charge in [0.25, 0.3) is 5.71 Å². The average Bonchev–Trinajstić information content (AvgIpc) is 3.44. The van der Waals surface area contributed by atoms with Crippen LogP contribution >= 0.6 is 0 Å². The molecule has 4 rings (SSSR count). The Morgan fingerprint density at radius 3 is 2.63 bits per heavy atom. The number of carbonyl (C=O) groups is 2. The molecule has 1 aliphatic carbocycles. The van der Waals surface area contributed by atoms with Crippen LogP contribution in [0.1, 0.15) is 57.8 Å². The van der Waals surface area contributed by atoms with Crippen LogP contribution in [0.4, 0.5) is 4.39 Å². The number of hydrogen-bond donors (Lipinski definition) is 0. The lowest BCUT2D eigenvalue weighted by Gasteiger charge is -2.13. The van der Waals surface area contributed by atoms with E-state index >= 15 is 0 Å². The first-order valence-corrected chi connectivity index (χ1v) is 8.71. The number of fused-ring (bicyclic) bond motifs is 1. The summed E-state index contributed by atoms with van der Waals surface area (Å²) in [7, 11) is 0. The zero-order valence-electron chi connectivity index (χ0n) is 14.9. The Labute approximate surface area is 154 Å². The molecule has 0 N–H and O–H groups in total. The molecule has 0 unspecified atom stereocenters. The molecule has 2 heterocycles. The molecule has 1 fully saturated rings. The summed E-state index contributed by atoms with van der Waals surface area (Å²) < 4.78 is 23.6. The highest BCUT2D eigenvalue weighted by Gasteiger charge is 2.30. The van der Waals surface area contributed by atoms with Gasteiger partial charge in [-0.3, -0.25) is 4.79 Å². The molecule has 0 radical (unpaired) electrons. The predicted molar refractivity (Wildman–Crippen MR) is 94.1 cm³/mol. The second-order valence-electron chi connectivity index (χ2n) is 6.74. The fraction of sp³-hybridized carbons (Fsp3) is 0.300. The SMILES string of the molecule is Cc1noc2nc(C3CC3)cc(C(=O)O[C@H](C)C(=O)c3ccc(F)cc3)c12. The summed E-state index contributed by atoms with van der Waals surface area (Å²) in [5, 5.41) is 4.37. The van der Waals surface area contributed by atoms with Crippen molar-refractivity contribution in [2.75, 3.05) is 0 Å². The van der Waals surface area contributed by atoms with Gasteiger partial charge in [-0.2, -0.15) is 0 Å². The van der Waals surface area contributed by atoms with Crippen molar-refractivity contribution in [3.63, 3.8) is 0 Å². The summed E-state index contributed by atoms with van der Waals surface area (Å²) in [5.41, 5.74) is 2.16. The maximum atomic E-state index is 13.0. The standard InChI is InChI=1S/C20H17FN2O4/c1-10-17-15(9-16(12-3-4-12)22-19(17)27-23-10)20(25)26-11(2)18(24)13-5-7-14(21)8-6-13/h5-9,11-12H,3-4H2,1-2H3/t11-/m1/s1. The van der Waals surface area contributed by atoms with Crippen molar-refractivity contribution >= 4 is 22.9 Å². The van der Waals surface area contributed by atoms with Crippen molar-refractivity contribution < 1.29 is 23.2 Å². The van der Waals surface area contributed by atoms with Crippen molar-refractivity contribution in [1.82, 2.24) is 10.1 Å². The van der Waals surface area contributed by atoms with Crippen LogP contribution in [0.25, 0.3) is 11.1 Å². The molecule has 0 amide bonds. The van der Waals surface area contributed by atoms with Crippen LogP contribution in [-0.4, -0.2) is 28.0 Å². The normalized spacial score (nSPS) is 14.9. The molecule has 1 saturated carbocycles. The zero-order valence-corrected chi connectivity index (χ0v) is 14.9. The Bertz CT molecular complexity index is 1040. The van der Waals surface area contributed by atoms with Crippen molar-refractivity contribution in [2.24, 2.45) is 0 Å². The lowest BCUT2D eigenvalue weighted by molar-refractivity contribution is 0.0320. The van der Waals surface area contributed by atoms with Gasteiger partial charge in [-0.25, -0.2) is 14.2 Å². The van der Waals surface area contributed by atoms with Crippen LogP contribution in [-0.2, 0) is 4.74 Å². The smallest absolute Gasteiger partial charge is 0.339 e. The molecular weight excluding hydrogens is 351 g/mol. The number of esters is 1. The molecule has 1 atom stereocenters. The highest BCUT2D eigenvalue weighted by molar-refractivity contribution is 6.05. The fourth-order valence-electron chi connectivity index (χ4n) is 2.99. The second-order valence-corrected chi connectivity index (χ2v) is 6.74. The molecular formula is C20H17FN2O4. The summed E-state index contributed by atoms with van der Waals surface area (Å²) in [5.74, 6) is -1.17. The van der Waals surface area contributed by atoms with Crippen LogP contribution < -0.4 is 0 Å². The van der Waals surface area contributed by atoms with E-state index in [1.165, 1.54) is 31.2 Å².